The molecule has 3 aromatic carbocycles. The molecule has 1 aliphatic rings. The van der Waals surface area contributed by atoms with Crippen LogP contribution in [-0.2, 0) is 22.4 Å². The van der Waals surface area contributed by atoms with Crippen molar-refractivity contribution < 1.29 is 19.4 Å². The van der Waals surface area contributed by atoms with Gasteiger partial charge in [-0.25, -0.2) is 0 Å². The van der Waals surface area contributed by atoms with E-state index < -0.39 is 9.85 Å². The molecule has 0 unspecified atom stereocenters. The van der Waals surface area contributed by atoms with Gasteiger partial charge in [-0.1, -0.05) is 36.4 Å². The van der Waals surface area contributed by atoms with Crippen LogP contribution >= 0.6 is 0 Å². The Kier molecular flexibility index (Phi) is 8.10. The minimum Gasteiger partial charge on any atom is -0.342 e. The molecule has 196 valence electrons. The summed E-state index contributed by atoms with van der Waals surface area (Å²) in [4.78, 5) is 48.2. The Balaban J connectivity index is 1.27. The SMILES string of the molecule is Cc1ccc(CC(=O)Nc2ccc(C3CCN(C(=O)Cc4cccc([N+](=O)[O-])c4)CC3)cc2)cc1[N+](=O)[O-]. The number of nitrogens with one attached hydrogen (secondary N) is 1. The molecule has 0 spiro atoms. The van der Waals surface area contributed by atoms with Crippen LogP contribution in [0, 0.1) is 27.2 Å². The maximum Gasteiger partial charge on any atom is 0.272 e. The third kappa shape index (κ3) is 6.58. The lowest BCUT2D eigenvalue weighted by atomic mass is 9.89. The highest BCUT2D eigenvalue weighted by Gasteiger charge is 2.24. The Morgan fingerprint density at radius 3 is 2.24 bits per heavy atom. The van der Waals surface area contributed by atoms with E-state index in [4.69, 9.17) is 0 Å². The fourth-order valence-corrected chi connectivity index (χ4v) is 4.72. The van der Waals surface area contributed by atoms with Crippen molar-refractivity contribution in [1.82, 2.24) is 4.90 Å². The Hall–Kier alpha value is -4.60. The molecule has 38 heavy (non-hydrogen) atoms. The zero-order valence-corrected chi connectivity index (χ0v) is 21.0. The molecule has 4 rings (SSSR count). The van der Waals surface area contributed by atoms with Crippen LogP contribution in [0.4, 0.5) is 17.1 Å². The highest BCUT2D eigenvalue weighted by Crippen LogP contribution is 2.29. The monoisotopic (exact) mass is 516 g/mol. The van der Waals surface area contributed by atoms with Crippen LogP contribution in [0.1, 0.15) is 41.0 Å². The molecular weight excluding hydrogens is 488 g/mol. The van der Waals surface area contributed by atoms with Gasteiger partial charge in [0.1, 0.15) is 0 Å². The topological polar surface area (TPSA) is 136 Å². The number of carbonyl (C=O) groups excluding carboxylic acids is 2. The summed E-state index contributed by atoms with van der Waals surface area (Å²) in [7, 11) is 0. The first kappa shape index (κ1) is 26.5. The number of benzene rings is 3. The van der Waals surface area contributed by atoms with E-state index in [1.54, 1.807) is 36.1 Å². The predicted molar refractivity (Wildman–Crippen MR) is 142 cm³/mol. The van der Waals surface area contributed by atoms with Crippen molar-refractivity contribution in [3.05, 3.63) is 109 Å². The summed E-state index contributed by atoms with van der Waals surface area (Å²) in [6.07, 6.45) is 1.78. The molecule has 10 nitrogen and oxygen atoms in total. The third-order valence-electron chi connectivity index (χ3n) is 6.83. The maximum atomic E-state index is 12.7. The quantitative estimate of drug-likeness (QED) is 0.333. The van der Waals surface area contributed by atoms with Crippen LogP contribution in [0.2, 0.25) is 0 Å². The molecule has 3 aromatic rings. The largest absolute Gasteiger partial charge is 0.342 e. The highest BCUT2D eigenvalue weighted by atomic mass is 16.6. The molecule has 0 atom stereocenters. The van der Waals surface area contributed by atoms with Crippen molar-refractivity contribution in [2.45, 2.75) is 38.5 Å². The standard InChI is InChI=1S/C28H28N4O6/c1-19-5-6-21(16-26(19)32(37)38)17-27(33)29-24-9-7-22(8-10-24)23-11-13-30(14-12-23)28(34)18-20-3-2-4-25(15-20)31(35)36/h2-10,15-16,23H,11-14,17-18H2,1H3,(H,29,33). The van der Waals surface area contributed by atoms with Crippen molar-refractivity contribution in [2.24, 2.45) is 0 Å². The number of piperidine rings is 1. The van der Waals surface area contributed by atoms with Crippen LogP contribution in [0.3, 0.4) is 0 Å². The van der Waals surface area contributed by atoms with Crippen molar-refractivity contribution in [2.75, 3.05) is 18.4 Å². The molecule has 0 saturated carbocycles. The first-order chi connectivity index (χ1) is 18.2. The molecule has 1 saturated heterocycles. The minimum absolute atomic E-state index is 0.00330. The van der Waals surface area contributed by atoms with Crippen LogP contribution < -0.4 is 5.32 Å². The molecule has 1 fully saturated rings. The fourth-order valence-electron chi connectivity index (χ4n) is 4.72. The van der Waals surface area contributed by atoms with E-state index in [9.17, 15) is 29.8 Å². The second kappa shape index (κ2) is 11.6. The van der Waals surface area contributed by atoms with Crippen LogP contribution in [0.25, 0.3) is 0 Å². The summed E-state index contributed by atoms with van der Waals surface area (Å²) in [5.74, 6) is -0.0119. The van der Waals surface area contributed by atoms with Crippen molar-refractivity contribution in [3.63, 3.8) is 0 Å². The average molecular weight is 517 g/mol. The highest BCUT2D eigenvalue weighted by molar-refractivity contribution is 5.92. The van der Waals surface area contributed by atoms with Gasteiger partial charge in [-0.3, -0.25) is 29.8 Å². The lowest BCUT2D eigenvalue weighted by Crippen LogP contribution is -2.38. The Morgan fingerprint density at radius 1 is 0.895 bits per heavy atom. The van der Waals surface area contributed by atoms with E-state index in [2.05, 4.69) is 5.32 Å². The molecule has 0 radical (unpaired) electrons. The first-order valence-electron chi connectivity index (χ1n) is 12.3. The number of aryl methyl sites for hydroxylation is 1. The minimum atomic E-state index is -0.464. The fraction of sp³-hybridized carbons (Fsp3) is 0.286. The van der Waals surface area contributed by atoms with Gasteiger partial charge in [0.2, 0.25) is 11.8 Å². The van der Waals surface area contributed by atoms with Gasteiger partial charge in [-0.2, -0.15) is 0 Å². The van der Waals surface area contributed by atoms with Gasteiger partial charge >= 0.3 is 0 Å². The van der Waals surface area contributed by atoms with Gasteiger partial charge in [-0.15, -0.1) is 0 Å². The summed E-state index contributed by atoms with van der Waals surface area (Å²) < 4.78 is 0. The summed E-state index contributed by atoms with van der Waals surface area (Å²) in [6.45, 7) is 2.88. The molecular formula is C28H28N4O6. The number of anilines is 1. The molecule has 10 heteroatoms. The number of hydrogen-bond donors (Lipinski definition) is 1. The van der Waals surface area contributed by atoms with Crippen LogP contribution in [0.15, 0.2) is 66.7 Å². The third-order valence-corrected chi connectivity index (χ3v) is 6.83. The van der Waals surface area contributed by atoms with Gasteiger partial charge in [0.15, 0.2) is 0 Å². The number of amides is 2. The number of carbonyl (C=O) groups is 2. The van der Waals surface area contributed by atoms with E-state index in [0.717, 1.165) is 18.4 Å². The number of nitro groups is 2. The molecule has 0 aromatic heterocycles. The van der Waals surface area contributed by atoms with Gasteiger partial charge in [0.25, 0.3) is 11.4 Å². The van der Waals surface area contributed by atoms with Gasteiger partial charge < -0.3 is 10.2 Å². The number of nitrogens with zero attached hydrogens (tertiary/aromatic N) is 3. The number of nitro benzene ring substituents is 2. The smallest absolute Gasteiger partial charge is 0.272 e. The van der Waals surface area contributed by atoms with Gasteiger partial charge in [-0.05, 0) is 54.5 Å². The van der Waals surface area contributed by atoms with Crippen molar-refractivity contribution >= 4 is 28.9 Å². The molecule has 0 aliphatic carbocycles. The number of hydrogen-bond acceptors (Lipinski definition) is 6. The summed E-state index contributed by atoms with van der Waals surface area (Å²) in [5.41, 5.74) is 3.50. The lowest BCUT2D eigenvalue weighted by molar-refractivity contribution is -0.385. The maximum absolute atomic E-state index is 12.7. The number of rotatable bonds is 8. The average Bonchev–Trinajstić information content (AvgIpc) is 2.90. The summed E-state index contributed by atoms with van der Waals surface area (Å²) in [5, 5.41) is 24.9. The van der Waals surface area contributed by atoms with Crippen LogP contribution in [0.5, 0.6) is 0 Å². The van der Waals surface area contributed by atoms with E-state index >= 15 is 0 Å². The molecule has 0 bridgehead atoms. The summed E-state index contributed by atoms with van der Waals surface area (Å²) in [6, 6.07) is 18.6. The molecule has 1 heterocycles. The Morgan fingerprint density at radius 2 is 1.58 bits per heavy atom. The molecule has 2 amide bonds. The number of likely N-dealkylation sites (tertiary alicyclic amines) is 1. The zero-order valence-electron chi connectivity index (χ0n) is 21.0. The van der Waals surface area contributed by atoms with Crippen LogP contribution in [-0.4, -0.2) is 39.7 Å². The molecule has 1 aliphatic heterocycles. The number of non-ortho nitro benzene ring substituents is 1. The van der Waals surface area contributed by atoms with Crippen molar-refractivity contribution in [3.8, 4) is 0 Å². The van der Waals surface area contributed by atoms with E-state index in [1.165, 1.54) is 18.2 Å². The second-order valence-electron chi connectivity index (χ2n) is 9.48. The normalized spacial score (nSPS) is 13.7. The van der Waals surface area contributed by atoms with E-state index in [1.807, 2.05) is 24.3 Å². The lowest BCUT2D eigenvalue weighted by Gasteiger charge is -2.32. The van der Waals surface area contributed by atoms with Crippen molar-refractivity contribution in [1.29, 1.82) is 0 Å². The Bertz CT molecular complexity index is 1360. The first-order valence-corrected chi connectivity index (χ1v) is 12.3. The summed E-state index contributed by atoms with van der Waals surface area (Å²) >= 11 is 0. The van der Waals surface area contributed by atoms with Gasteiger partial charge in [0, 0.05) is 42.5 Å². The predicted octanol–water partition coefficient (Wildman–Crippen LogP) is 4.94. The Labute approximate surface area is 219 Å². The second-order valence-corrected chi connectivity index (χ2v) is 9.48. The van der Waals surface area contributed by atoms with Gasteiger partial charge in [0.05, 0.1) is 22.7 Å². The molecule has 1 N–H and O–H groups in total. The van der Waals surface area contributed by atoms with E-state index in [0.29, 0.717) is 35.5 Å². The van der Waals surface area contributed by atoms with E-state index in [-0.39, 0.29) is 41.9 Å². The zero-order chi connectivity index (χ0) is 27.2.